The summed E-state index contributed by atoms with van der Waals surface area (Å²) in [6.07, 6.45) is 1.85. The fourth-order valence-corrected chi connectivity index (χ4v) is 1.98. The van der Waals surface area contributed by atoms with Crippen LogP contribution in [0.3, 0.4) is 0 Å². The van der Waals surface area contributed by atoms with Gasteiger partial charge in [-0.2, -0.15) is 0 Å². The molecule has 90 valence electrons. The number of carbonyl (C=O) groups is 2. The normalized spacial score (nSPS) is 27.4. The van der Waals surface area contributed by atoms with Crippen molar-refractivity contribution in [1.29, 1.82) is 0 Å². The maximum Gasteiger partial charge on any atom is 0.261 e. The van der Waals surface area contributed by atoms with E-state index in [2.05, 4.69) is 0 Å². The van der Waals surface area contributed by atoms with Gasteiger partial charge in [-0.15, -0.1) is 0 Å². The third-order valence-corrected chi connectivity index (χ3v) is 3.05. The highest BCUT2D eigenvalue weighted by atomic mass is 16.7. The van der Waals surface area contributed by atoms with Crippen molar-refractivity contribution in [2.75, 3.05) is 26.4 Å². The third-order valence-electron chi connectivity index (χ3n) is 3.05. The lowest BCUT2D eigenvalue weighted by atomic mass is 10.00. The molecule has 0 unspecified atom stereocenters. The van der Waals surface area contributed by atoms with Crippen molar-refractivity contribution < 1.29 is 19.2 Å². The van der Waals surface area contributed by atoms with Crippen molar-refractivity contribution in [3.05, 3.63) is 0 Å². The molecule has 1 atom stereocenters. The fourth-order valence-electron chi connectivity index (χ4n) is 1.98. The Balaban J connectivity index is 1.86. The quantitative estimate of drug-likeness (QED) is 0.647. The van der Waals surface area contributed by atoms with E-state index in [0.29, 0.717) is 12.5 Å². The molecule has 0 saturated carbocycles. The Labute approximate surface area is 93.6 Å². The number of ether oxygens (including phenoxy) is 1. The first-order valence-electron chi connectivity index (χ1n) is 5.50. The van der Waals surface area contributed by atoms with Gasteiger partial charge in [0.2, 0.25) is 5.91 Å². The molecule has 2 fully saturated rings. The Morgan fingerprint density at radius 2 is 2.12 bits per heavy atom. The summed E-state index contributed by atoms with van der Waals surface area (Å²) in [5.74, 6) is -1.33. The topological polar surface area (TPSA) is 81.9 Å². The Morgan fingerprint density at radius 1 is 1.44 bits per heavy atom. The van der Waals surface area contributed by atoms with Crippen LogP contribution in [0, 0.1) is 11.8 Å². The summed E-state index contributed by atoms with van der Waals surface area (Å²) in [6, 6.07) is 0. The second-order valence-electron chi connectivity index (χ2n) is 4.21. The molecule has 6 heteroatoms. The van der Waals surface area contributed by atoms with Crippen LogP contribution in [0.4, 0.5) is 0 Å². The van der Waals surface area contributed by atoms with E-state index in [4.69, 9.17) is 15.3 Å². The van der Waals surface area contributed by atoms with Gasteiger partial charge in [-0.1, -0.05) is 0 Å². The Hall–Kier alpha value is -1.14. The van der Waals surface area contributed by atoms with E-state index >= 15 is 0 Å². The van der Waals surface area contributed by atoms with Gasteiger partial charge < -0.3 is 10.5 Å². The maximum absolute atomic E-state index is 11.7. The van der Waals surface area contributed by atoms with Crippen molar-refractivity contribution in [2.45, 2.75) is 12.8 Å². The van der Waals surface area contributed by atoms with Crippen molar-refractivity contribution >= 4 is 11.8 Å². The van der Waals surface area contributed by atoms with Crippen molar-refractivity contribution in [3.8, 4) is 0 Å². The van der Waals surface area contributed by atoms with E-state index in [0.717, 1.165) is 26.1 Å². The van der Waals surface area contributed by atoms with Crippen LogP contribution in [0.1, 0.15) is 12.8 Å². The summed E-state index contributed by atoms with van der Waals surface area (Å²) >= 11 is 0. The summed E-state index contributed by atoms with van der Waals surface area (Å²) in [5, 5.41) is 1.28. The smallest absolute Gasteiger partial charge is 0.261 e. The molecule has 2 heterocycles. The molecule has 2 saturated heterocycles. The zero-order valence-electron chi connectivity index (χ0n) is 9.05. The highest BCUT2D eigenvalue weighted by Gasteiger charge is 2.38. The summed E-state index contributed by atoms with van der Waals surface area (Å²) in [6.45, 7) is 2.07. The van der Waals surface area contributed by atoms with Gasteiger partial charge in [0.05, 0.1) is 13.2 Å². The lowest BCUT2D eigenvalue weighted by Gasteiger charge is -2.25. The summed E-state index contributed by atoms with van der Waals surface area (Å²) in [4.78, 5) is 27.8. The number of nitrogens with two attached hydrogens (primary N) is 1. The summed E-state index contributed by atoms with van der Waals surface area (Å²) in [7, 11) is 0. The van der Waals surface area contributed by atoms with E-state index < -0.39 is 11.8 Å². The first kappa shape index (κ1) is 11.3. The zero-order chi connectivity index (χ0) is 11.5. The Morgan fingerprint density at radius 3 is 2.69 bits per heavy atom. The maximum atomic E-state index is 11.7. The standard InChI is InChI=1S/C10H16N2O4/c11-9(13)8-6-16-12(10(8)14)5-7-1-3-15-4-2-7/h7-8H,1-6H2,(H2,11,13)/t8-/m1/s1. The van der Waals surface area contributed by atoms with Crippen LogP contribution >= 0.6 is 0 Å². The number of hydrogen-bond donors (Lipinski definition) is 1. The van der Waals surface area contributed by atoms with Crippen LogP contribution in [0.25, 0.3) is 0 Å². The molecule has 2 rings (SSSR count). The van der Waals surface area contributed by atoms with Crippen LogP contribution in [0.5, 0.6) is 0 Å². The van der Waals surface area contributed by atoms with Gasteiger partial charge in [-0.3, -0.25) is 14.4 Å². The van der Waals surface area contributed by atoms with Gasteiger partial charge in [0, 0.05) is 13.2 Å². The highest BCUT2D eigenvalue weighted by Crippen LogP contribution is 2.21. The molecule has 2 amide bonds. The molecule has 2 N–H and O–H groups in total. The minimum absolute atomic E-state index is 0.0807. The summed E-state index contributed by atoms with van der Waals surface area (Å²) in [5.41, 5.74) is 5.10. The molecule has 16 heavy (non-hydrogen) atoms. The molecule has 2 aliphatic heterocycles. The average molecular weight is 228 g/mol. The Bertz CT molecular complexity index is 289. The molecule has 0 radical (unpaired) electrons. The number of hydroxylamine groups is 2. The highest BCUT2D eigenvalue weighted by molar-refractivity contribution is 6.00. The van der Waals surface area contributed by atoms with Crippen molar-refractivity contribution in [3.63, 3.8) is 0 Å². The molecule has 0 aliphatic carbocycles. The molecular formula is C10H16N2O4. The molecule has 0 aromatic heterocycles. The second kappa shape index (κ2) is 4.80. The van der Waals surface area contributed by atoms with Gasteiger partial charge in [0.25, 0.3) is 5.91 Å². The monoisotopic (exact) mass is 228 g/mol. The predicted molar refractivity (Wildman–Crippen MR) is 53.9 cm³/mol. The van der Waals surface area contributed by atoms with Crippen LogP contribution in [0.2, 0.25) is 0 Å². The minimum Gasteiger partial charge on any atom is -0.381 e. The number of hydrogen-bond acceptors (Lipinski definition) is 4. The molecular weight excluding hydrogens is 212 g/mol. The SMILES string of the molecule is NC(=O)[C@H]1CON(CC2CCOCC2)C1=O. The first-order chi connectivity index (χ1) is 7.68. The van der Waals surface area contributed by atoms with Crippen molar-refractivity contribution in [1.82, 2.24) is 5.06 Å². The fraction of sp³-hybridized carbons (Fsp3) is 0.800. The number of carbonyl (C=O) groups excluding carboxylic acids is 2. The molecule has 0 aromatic carbocycles. The van der Waals surface area contributed by atoms with Gasteiger partial charge in [0.1, 0.15) is 5.92 Å². The van der Waals surface area contributed by atoms with Crippen LogP contribution in [-0.4, -0.2) is 43.2 Å². The first-order valence-corrected chi connectivity index (χ1v) is 5.50. The van der Waals surface area contributed by atoms with Gasteiger partial charge in [0.15, 0.2) is 0 Å². The van der Waals surface area contributed by atoms with Crippen LogP contribution < -0.4 is 5.73 Å². The Kier molecular flexibility index (Phi) is 3.40. The average Bonchev–Trinajstić information content (AvgIpc) is 2.62. The lowest BCUT2D eigenvalue weighted by molar-refractivity contribution is -0.166. The van der Waals surface area contributed by atoms with Gasteiger partial charge >= 0.3 is 0 Å². The molecule has 6 nitrogen and oxygen atoms in total. The van der Waals surface area contributed by atoms with E-state index in [9.17, 15) is 9.59 Å². The second-order valence-corrected chi connectivity index (χ2v) is 4.21. The third kappa shape index (κ3) is 2.33. The van der Waals surface area contributed by atoms with Crippen LogP contribution in [-0.2, 0) is 19.2 Å². The van der Waals surface area contributed by atoms with Crippen molar-refractivity contribution in [2.24, 2.45) is 17.6 Å². The largest absolute Gasteiger partial charge is 0.381 e. The van der Waals surface area contributed by atoms with E-state index in [1.54, 1.807) is 0 Å². The van der Waals surface area contributed by atoms with E-state index in [1.807, 2.05) is 0 Å². The number of nitrogens with zero attached hydrogens (tertiary/aromatic N) is 1. The van der Waals surface area contributed by atoms with Gasteiger partial charge in [-0.25, -0.2) is 5.06 Å². The minimum atomic E-state index is -0.806. The zero-order valence-corrected chi connectivity index (χ0v) is 9.05. The number of amides is 2. The number of rotatable bonds is 3. The van der Waals surface area contributed by atoms with Crippen LogP contribution in [0.15, 0.2) is 0 Å². The lowest BCUT2D eigenvalue weighted by Crippen LogP contribution is -2.37. The van der Waals surface area contributed by atoms with E-state index in [-0.39, 0.29) is 12.5 Å². The molecule has 0 spiro atoms. The predicted octanol–water partition coefficient (Wildman–Crippen LogP) is -0.712. The number of primary amides is 1. The van der Waals surface area contributed by atoms with Gasteiger partial charge in [-0.05, 0) is 18.8 Å². The summed E-state index contributed by atoms with van der Waals surface area (Å²) < 4.78 is 5.23. The molecule has 0 aromatic rings. The van der Waals surface area contributed by atoms with E-state index in [1.165, 1.54) is 5.06 Å². The molecule has 0 bridgehead atoms. The molecule has 2 aliphatic rings.